The number of primary sulfonamides is 1. The highest BCUT2D eigenvalue weighted by atomic mass is 32.2. The van der Waals surface area contributed by atoms with Crippen LogP contribution in [0.1, 0.15) is 91.9 Å². The maximum absolute atomic E-state index is 11.9. The number of esters is 5. The van der Waals surface area contributed by atoms with Crippen LogP contribution in [-0.2, 0) is 114 Å². The molecule has 6 fully saturated rings. The number of nitrogens with two attached hydrogens (primary N) is 2. The average molecular weight is 1550 g/mol. The fourth-order valence-corrected chi connectivity index (χ4v) is 17.8. The van der Waals surface area contributed by atoms with E-state index in [0.717, 1.165) is 37.9 Å². The summed E-state index contributed by atoms with van der Waals surface area (Å²) in [5.74, 6) is -3.11. The largest absolute Gasteiger partial charge is 0.748 e. The summed E-state index contributed by atoms with van der Waals surface area (Å²) < 4.78 is 131. The molecule has 0 spiro atoms. The first-order valence-electron chi connectivity index (χ1n) is 32.7. The topological polar surface area (TPSA) is 375 Å². The van der Waals surface area contributed by atoms with E-state index in [1.165, 1.54) is 62.5 Å². The molecule has 12 rings (SSSR count). The number of benzene rings is 6. The molecule has 0 saturated heterocycles. The van der Waals surface area contributed by atoms with Crippen molar-refractivity contribution in [1.29, 1.82) is 0 Å². The second-order valence-corrected chi connectivity index (χ2v) is 35.3. The van der Waals surface area contributed by atoms with E-state index in [-0.39, 0.29) is 45.0 Å². The highest BCUT2D eigenvalue weighted by molar-refractivity contribution is 7.97. The van der Waals surface area contributed by atoms with Gasteiger partial charge in [0.1, 0.15) is 28.4 Å². The lowest BCUT2D eigenvalue weighted by molar-refractivity contribution is -0.209. The van der Waals surface area contributed by atoms with Crippen LogP contribution in [-0.4, -0.2) is 121 Å². The van der Waals surface area contributed by atoms with Crippen molar-refractivity contribution in [1.82, 2.24) is 0 Å². The summed E-state index contributed by atoms with van der Waals surface area (Å²) >= 11 is 0. The molecule has 4 N–H and O–H groups in total. The quantitative estimate of drug-likeness (QED) is 0.0222. The van der Waals surface area contributed by atoms with Crippen molar-refractivity contribution in [3.8, 4) is 0 Å². The number of fused-ring (bicyclic) bond motifs is 2. The average Bonchev–Trinajstić information content (AvgIpc) is 0.809. The van der Waals surface area contributed by atoms with Gasteiger partial charge in [0.2, 0.25) is 10.0 Å². The van der Waals surface area contributed by atoms with Gasteiger partial charge in [0.05, 0.1) is 49.5 Å². The lowest BCUT2D eigenvalue weighted by atomic mass is 9.52. The Morgan fingerprint density at radius 1 is 0.462 bits per heavy atom. The van der Waals surface area contributed by atoms with Gasteiger partial charge < -0.3 is 32.8 Å². The first kappa shape index (κ1) is 86.6. The molecular weight excluding hydrogens is 1460 g/mol. The molecule has 0 aliphatic heterocycles. The molecule has 6 aliphatic carbocycles. The first-order chi connectivity index (χ1) is 48.7. The van der Waals surface area contributed by atoms with Gasteiger partial charge in [-0.3, -0.25) is 4.18 Å². The van der Waals surface area contributed by atoms with E-state index in [1.807, 2.05) is 0 Å². The number of sulfonamides is 1. The summed E-state index contributed by atoms with van der Waals surface area (Å²) in [5, 5.41) is 9.40. The van der Waals surface area contributed by atoms with Crippen LogP contribution in [0.4, 0.5) is 0 Å². The molecular formula is C75H90N2O21S6. The maximum atomic E-state index is 11.9. The molecule has 104 heavy (non-hydrogen) atoms. The van der Waals surface area contributed by atoms with E-state index in [9.17, 15) is 66.7 Å². The molecule has 6 aromatic rings. The Morgan fingerprint density at radius 3 is 1.11 bits per heavy atom. The third-order valence-corrected chi connectivity index (χ3v) is 22.1. The van der Waals surface area contributed by atoms with Crippen LogP contribution in [0.25, 0.3) is 0 Å². The molecule has 29 heteroatoms. The Labute approximate surface area is 617 Å². The predicted molar refractivity (Wildman–Crippen MR) is 394 cm³/mol. The summed E-state index contributed by atoms with van der Waals surface area (Å²) in [6.45, 7) is 18.6. The number of ether oxygens (including phenoxy) is 5. The lowest BCUT2D eigenvalue weighted by Crippen LogP contribution is -2.62. The van der Waals surface area contributed by atoms with E-state index in [0.29, 0.717) is 48.2 Å². The number of carbonyl (C=O) groups is 5. The first-order valence-corrected chi connectivity index (χ1v) is 41.7. The summed E-state index contributed by atoms with van der Waals surface area (Å²) in [6.07, 6.45) is 10.4. The van der Waals surface area contributed by atoms with Crippen molar-refractivity contribution in [2.24, 2.45) is 33.9 Å². The van der Waals surface area contributed by atoms with E-state index in [1.54, 1.807) is 13.8 Å². The third-order valence-electron chi connectivity index (χ3n) is 16.0. The van der Waals surface area contributed by atoms with Gasteiger partial charge in [-0.25, -0.2) is 59.5 Å². The Bertz CT molecular complexity index is 4020. The Kier molecular flexibility index (Phi) is 33.7. The van der Waals surface area contributed by atoms with E-state index >= 15 is 0 Å². The molecule has 6 aliphatic rings. The molecule has 0 aromatic heterocycles. The van der Waals surface area contributed by atoms with Crippen molar-refractivity contribution in [3.05, 3.63) is 231 Å². The fourth-order valence-electron chi connectivity index (χ4n) is 12.4. The molecule has 0 amide bonds. The molecule has 5 atom stereocenters. The van der Waals surface area contributed by atoms with Crippen LogP contribution in [0.3, 0.4) is 0 Å². The predicted octanol–water partition coefficient (Wildman–Crippen LogP) is 11.0. The van der Waals surface area contributed by atoms with Crippen LogP contribution in [0, 0.1) is 23.7 Å². The van der Waals surface area contributed by atoms with Gasteiger partial charge in [-0.05, 0) is 182 Å². The van der Waals surface area contributed by atoms with Crippen LogP contribution >= 0.6 is 0 Å². The van der Waals surface area contributed by atoms with Crippen LogP contribution in [0.15, 0.2) is 260 Å². The van der Waals surface area contributed by atoms with Gasteiger partial charge in [0.25, 0.3) is 0 Å². The molecule has 6 saturated carbocycles. The Balaban J connectivity index is 0.000000224. The zero-order valence-corrected chi connectivity index (χ0v) is 63.5. The number of carbonyl (C=O) groups excluding carboxylic acids is 5. The van der Waals surface area contributed by atoms with Gasteiger partial charge >= 0.3 is 40.2 Å². The molecule has 5 unspecified atom stereocenters. The van der Waals surface area contributed by atoms with Gasteiger partial charge in [-0.15, -0.1) is 0 Å². The second-order valence-electron chi connectivity index (χ2n) is 25.5. The minimum Gasteiger partial charge on any atom is -0.748 e. The van der Waals surface area contributed by atoms with E-state index in [4.69, 9.17) is 18.8 Å². The third kappa shape index (κ3) is 31.7. The second kappa shape index (κ2) is 40.4. The lowest BCUT2D eigenvalue weighted by Gasteiger charge is -2.59. The monoisotopic (exact) mass is 1550 g/mol. The number of hydrogen-bond acceptors (Lipinski definition) is 21. The minimum absolute atomic E-state index is 0.0146. The molecule has 0 radical (unpaired) electrons. The van der Waals surface area contributed by atoms with Gasteiger partial charge in [0, 0.05) is 28.7 Å². The van der Waals surface area contributed by atoms with Crippen LogP contribution < -0.4 is 10.3 Å². The van der Waals surface area contributed by atoms with Crippen molar-refractivity contribution < 1.29 is 94.6 Å². The number of hydrogen-bond donors (Lipinski definition) is 2. The summed E-state index contributed by atoms with van der Waals surface area (Å²) in [6, 6.07) is 64.3. The van der Waals surface area contributed by atoms with Gasteiger partial charge in [0.15, 0.2) is 41.9 Å². The zero-order valence-electron chi connectivity index (χ0n) is 58.6. The molecule has 0 heterocycles. The standard InChI is InChI=1S/2C18H15S.C14H21NO5S.C11H16O2.C7H10O7S.C6H10O5S.CH5NO2S/c2*1-4-10-16(11-5-1)19(17-12-6-2-7-13-17)18-14-8-3-9-15-18;1-9(2)12(16)19-13-4-10-3-11(5-13)7-14(6-10,8-13)20-21(15,17)18;1-7(2)11(12)13-10-6-8-3-4-9(10)5-8;1-5(2)7(9)13-3-6(8)14-4-15(10,11)12;1-5(2)6(7)11-3-4-12(8,9)10;1-5(2,3)4/h2*1-15H;10-11H,1,3-8H2,2H3,(H2,15,17,18);8-10H,1,3-6H2,2H3;1,3-4H2,2H3,(H,10,11,12);1,3-4H2,2H3,(H,8,9,10);1H3,(H2,2,3,4)/q2*+1;;;;;/p-2. The Hall–Kier alpha value is -8.07. The minimum atomic E-state index is -4.63. The van der Waals surface area contributed by atoms with E-state index < -0.39 is 101 Å². The Morgan fingerprint density at radius 2 is 0.808 bits per heavy atom. The SMILES string of the molecule is C=C(C)C(=O)OC12CC3CC(C1)CC(OS(N)(=O)=O)(C3)C2.C=C(C)C(=O)OC1CC2CCC1C2.C=C(C)C(=O)OCC(=O)OCS(=O)(=O)[O-].C=C(C)C(=O)OCCS(=O)(=O)[O-].CS(N)(=O)=O.c1ccc([S+](c2ccccc2)c2ccccc2)cc1.c1ccc([S+](c2ccccc2)c2ccccc2)cc1. The molecule has 562 valence electrons. The maximum Gasteiger partial charge on any atom is 0.345 e. The summed E-state index contributed by atoms with van der Waals surface area (Å²) in [4.78, 5) is 63.4. The van der Waals surface area contributed by atoms with Gasteiger partial charge in [-0.1, -0.05) is 136 Å². The normalized spacial score (nSPS) is 20.0. The van der Waals surface area contributed by atoms with Crippen molar-refractivity contribution >= 4 is 92.2 Å². The van der Waals surface area contributed by atoms with Crippen molar-refractivity contribution in [2.75, 3.05) is 31.2 Å². The molecule has 23 nitrogen and oxygen atoms in total. The fraction of sp³-hybridized carbons (Fsp3) is 0.347. The highest BCUT2D eigenvalue weighted by Crippen LogP contribution is 2.60. The number of rotatable bonds is 21. The van der Waals surface area contributed by atoms with Gasteiger partial charge in [-0.2, -0.15) is 8.42 Å². The summed E-state index contributed by atoms with van der Waals surface area (Å²) in [7, 11) is -16.1. The zero-order chi connectivity index (χ0) is 77.1. The summed E-state index contributed by atoms with van der Waals surface area (Å²) in [5.41, 5.74) is -0.301. The van der Waals surface area contributed by atoms with E-state index in [2.05, 4.69) is 228 Å². The molecule has 6 bridgehead atoms. The van der Waals surface area contributed by atoms with Crippen LogP contribution in [0.2, 0.25) is 0 Å². The smallest absolute Gasteiger partial charge is 0.345 e. The molecule has 6 aromatic carbocycles. The van der Waals surface area contributed by atoms with Crippen molar-refractivity contribution in [2.45, 2.75) is 139 Å². The van der Waals surface area contributed by atoms with Crippen molar-refractivity contribution in [3.63, 3.8) is 0 Å². The highest BCUT2D eigenvalue weighted by Gasteiger charge is 2.61. The van der Waals surface area contributed by atoms with Crippen LogP contribution in [0.5, 0.6) is 0 Å².